The smallest absolute Gasteiger partial charge is 0.128 e. The Kier molecular flexibility index (Phi) is 2.33. The van der Waals surface area contributed by atoms with Crippen molar-refractivity contribution in [1.82, 2.24) is 4.98 Å². The summed E-state index contributed by atoms with van der Waals surface area (Å²) < 4.78 is 0. The summed E-state index contributed by atoms with van der Waals surface area (Å²) in [6.07, 6.45) is 4.46. The number of nitrogens with zero attached hydrogens (tertiary/aromatic N) is 1. The SMILES string of the molecule is Cc1cnc(NC(C)(C)C2CC2)cc1N. The van der Waals surface area contributed by atoms with E-state index in [2.05, 4.69) is 24.1 Å². The van der Waals surface area contributed by atoms with E-state index >= 15 is 0 Å². The number of aryl methyl sites for hydroxylation is 1. The average Bonchev–Trinajstić information content (AvgIpc) is 2.93. The van der Waals surface area contributed by atoms with E-state index in [4.69, 9.17) is 5.73 Å². The van der Waals surface area contributed by atoms with Gasteiger partial charge in [0.1, 0.15) is 5.82 Å². The van der Waals surface area contributed by atoms with Crippen LogP contribution in [0.25, 0.3) is 0 Å². The Balaban J connectivity index is 2.13. The van der Waals surface area contributed by atoms with Gasteiger partial charge in [-0.3, -0.25) is 0 Å². The molecule has 15 heavy (non-hydrogen) atoms. The second-order valence-corrected chi connectivity index (χ2v) is 5.05. The molecule has 0 bridgehead atoms. The molecule has 3 N–H and O–H groups in total. The minimum absolute atomic E-state index is 0.134. The van der Waals surface area contributed by atoms with E-state index in [-0.39, 0.29) is 5.54 Å². The molecule has 0 amide bonds. The molecule has 0 aromatic carbocycles. The third-order valence-electron chi connectivity index (χ3n) is 3.19. The molecule has 1 aromatic heterocycles. The monoisotopic (exact) mass is 205 g/mol. The average molecular weight is 205 g/mol. The van der Waals surface area contributed by atoms with Gasteiger partial charge in [0.05, 0.1) is 0 Å². The highest BCUT2D eigenvalue weighted by Crippen LogP contribution is 2.40. The first-order valence-corrected chi connectivity index (χ1v) is 5.49. The predicted molar refractivity (Wildman–Crippen MR) is 63.8 cm³/mol. The predicted octanol–water partition coefficient (Wildman–Crippen LogP) is 2.57. The van der Waals surface area contributed by atoms with Crippen molar-refractivity contribution < 1.29 is 0 Å². The number of nitrogens with two attached hydrogens (primary N) is 1. The van der Waals surface area contributed by atoms with Gasteiger partial charge in [-0.25, -0.2) is 4.98 Å². The number of anilines is 2. The first-order valence-electron chi connectivity index (χ1n) is 5.49. The maximum atomic E-state index is 5.85. The molecule has 3 heteroatoms. The maximum Gasteiger partial charge on any atom is 0.128 e. The maximum absolute atomic E-state index is 5.85. The van der Waals surface area contributed by atoms with Crippen LogP contribution in [0.5, 0.6) is 0 Å². The number of nitrogen functional groups attached to an aromatic ring is 1. The zero-order valence-corrected chi connectivity index (χ0v) is 9.67. The molecule has 0 atom stereocenters. The number of pyridine rings is 1. The van der Waals surface area contributed by atoms with E-state index < -0.39 is 0 Å². The quantitative estimate of drug-likeness (QED) is 0.797. The van der Waals surface area contributed by atoms with E-state index in [1.54, 1.807) is 0 Å². The van der Waals surface area contributed by atoms with Gasteiger partial charge in [-0.05, 0) is 45.1 Å². The van der Waals surface area contributed by atoms with Crippen LogP contribution in [0.1, 0.15) is 32.3 Å². The zero-order chi connectivity index (χ0) is 11.1. The molecule has 0 saturated heterocycles. The van der Waals surface area contributed by atoms with Gasteiger partial charge >= 0.3 is 0 Å². The molecule has 1 fully saturated rings. The van der Waals surface area contributed by atoms with Crippen LogP contribution in [-0.2, 0) is 0 Å². The third kappa shape index (κ3) is 2.22. The number of hydrogen-bond donors (Lipinski definition) is 2. The summed E-state index contributed by atoms with van der Waals surface area (Å²) in [6, 6.07) is 1.92. The summed E-state index contributed by atoms with van der Waals surface area (Å²) in [5, 5.41) is 3.46. The molecule has 0 unspecified atom stereocenters. The van der Waals surface area contributed by atoms with Crippen LogP contribution in [0.2, 0.25) is 0 Å². The summed E-state index contributed by atoms with van der Waals surface area (Å²) in [6.45, 7) is 6.42. The number of aromatic nitrogens is 1. The van der Waals surface area contributed by atoms with Crippen LogP contribution in [0, 0.1) is 12.8 Å². The van der Waals surface area contributed by atoms with Crippen molar-refractivity contribution in [3.05, 3.63) is 17.8 Å². The highest BCUT2D eigenvalue weighted by Gasteiger charge is 2.37. The van der Waals surface area contributed by atoms with Crippen molar-refractivity contribution in [2.75, 3.05) is 11.1 Å². The number of hydrogen-bond acceptors (Lipinski definition) is 3. The van der Waals surface area contributed by atoms with Gasteiger partial charge < -0.3 is 11.1 Å². The molecule has 0 radical (unpaired) electrons. The van der Waals surface area contributed by atoms with Crippen LogP contribution < -0.4 is 11.1 Å². The number of rotatable bonds is 3. The fourth-order valence-electron chi connectivity index (χ4n) is 1.84. The van der Waals surface area contributed by atoms with E-state index in [0.29, 0.717) is 0 Å². The third-order valence-corrected chi connectivity index (χ3v) is 3.19. The molecule has 1 heterocycles. The molecule has 1 saturated carbocycles. The van der Waals surface area contributed by atoms with E-state index in [1.165, 1.54) is 12.8 Å². The second kappa shape index (κ2) is 3.40. The molecule has 3 nitrogen and oxygen atoms in total. The largest absolute Gasteiger partial charge is 0.398 e. The molecule has 0 aliphatic heterocycles. The Morgan fingerprint density at radius 3 is 2.67 bits per heavy atom. The van der Waals surface area contributed by atoms with Gasteiger partial charge in [0.25, 0.3) is 0 Å². The Labute approximate surface area is 91.1 Å². The molecule has 0 spiro atoms. The lowest BCUT2D eigenvalue weighted by Crippen LogP contribution is -2.33. The minimum Gasteiger partial charge on any atom is -0.398 e. The molecule has 1 aliphatic carbocycles. The van der Waals surface area contributed by atoms with Gasteiger partial charge in [-0.1, -0.05) is 0 Å². The Bertz CT molecular complexity index is 367. The van der Waals surface area contributed by atoms with Crippen LogP contribution in [0.3, 0.4) is 0 Å². The summed E-state index contributed by atoms with van der Waals surface area (Å²) in [7, 11) is 0. The first-order chi connectivity index (χ1) is 6.99. The molecule has 1 aromatic rings. The van der Waals surface area contributed by atoms with Crippen LogP contribution >= 0.6 is 0 Å². The van der Waals surface area contributed by atoms with Gasteiger partial charge in [0.2, 0.25) is 0 Å². The summed E-state index contributed by atoms with van der Waals surface area (Å²) in [4.78, 5) is 4.34. The van der Waals surface area contributed by atoms with Crippen molar-refractivity contribution in [2.45, 2.75) is 39.2 Å². The topological polar surface area (TPSA) is 50.9 Å². The highest BCUT2D eigenvalue weighted by molar-refractivity contribution is 5.54. The Hall–Kier alpha value is -1.25. The number of nitrogens with one attached hydrogen (secondary N) is 1. The standard InChI is InChI=1S/C12H19N3/c1-8-7-14-11(6-10(8)13)15-12(2,3)9-4-5-9/h6-7,9H,4-5H2,1-3H3,(H3,13,14,15). The Morgan fingerprint density at radius 2 is 2.13 bits per heavy atom. The molecular weight excluding hydrogens is 186 g/mol. The normalized spacial score (nSPS) is 16.5. The minimum atomic E-state index is 0.134. The van der Waals surface area contributed by atoms with E-state index in [0.717, 1.165) is 23.0 Å². The van der Waals surface area contributed by atoms with E-state index in [9.17, 15) is 0 Å². The van der Waals surface area contributed by atoms with Gasteiger partial charge in [-0.15, -0.1) is 0 Å². The van der Waals surface area contributed by atoms with Crippen molar-refractivity contribution >= 4 is 11.5 Å². The highest BCUT2D eigenvalue weighted by atomic mass is 15.1. The van der Waals surface area contributed by atoms with Crippen LogP contribution in [-0.4, -0.2) is 10.5 Å². The fourth-order valence-corrected chi connectivity index (χ4v) is 1.84. The van der Waals surface area contributed by atoms with Crippen molar-refractivity contribution in [3.8, 4) is 0 Å². The summed E-state index contributed by atoms with van der Waals surface area (Å²) in [5.41, 5.74) is 7.82. The molecule has 1 aliphatic rings. The van der Waals surface area contributed by atoms with Gasteiger partial charge in [0.15, 0.2) is 0 Å². The lowest BCUT2D eigenvalue weighted by molar-refractivity contribution is 0.492. The van der Waals surface area contributed by atoms with Crippen molar-refractivity contribution in [1.29, 1.82) is 0 Å². The fraction of sp³-hybridized carbons (Fsp3) is 0.583. The summed E-state index contributed by atoms with van der Waals surface area (Å²) >= 11 is 0. The molecule has 82 valence electrons. The molecule has 2 rings (SSSR count). The lowest BCUT2D eigenvalue weighted by atomic mass is 9.99. The van der Waals surface area contributed by atoms with Crippen molar-refractivity contribution in [3.63, 3.8) is 0 Å². The van der Waals surface area contributed by atoms with Crippen LogP contribution in [0.15, 0.2) is 12.3 Å². The zero-order valence-electron chi connectivity index (χ0n) is 9.67. The van der Waals surface area contributed by atoms with Gasteiger partial charge in [0, 0.05) is 23.5 Å². The first kappa shape index (κ1) is 10.3. The van der Waals surface area contributed by atoms with Crippen molar-refractivity contribution in [2.24, 2.45) is 5.92 Å². The van der Waals surface area contributed by atoms with E-state index in [1.807, 2.05) is 19.2 Å². The van der Waals surface area contributed by atoms with Crippen LogP contribution in [0.4, 0.5) is 11.5 Å². The second-order valence-electron chi connectivity index (χ2n) is 5.05. The molecular formula is C12H19N3. The summed E-state index contributed by atoms with van der Waals surface area (Å²) in [5.74, 6) is 1.66. The Morgan fingerprint density at radius 1 is 1.47 bits per heavy atom. The lowest BCUT2D eigenvalue weighted by Gasteiger charge is -2.27. The van der Waals surface area contributed by atoms with Gasteiger partial charge in [-0.2, -0.15) is 0 Å².